The van der Waals surface area contributed by atoms with Crippen molar-refractivity contribution in [2.45, 2.75) is 27.2 Å². The summed E-state index contributed by atoms with van der Waals surface area (Å²) in [5.74, 6) is 0.785. The molecule has 0 atom stereocenters. The highest BCUT2D eigenvalue weighted by Gasteiger charge is 2.00. The quantitative estimate of drug-likeness (QED) is 0.613. The van der Waals surface area contributed by atoms with Crippen molar-refractivity contribution in [2.24, 2.45) is 5.92 Å². The molecule has 0 aliphatic heterocycles. The average molecular weight is 154 g/mol. The van der Waals surface area contributed by atoms with E-state index < -0.39 is 0 Å². The molecule has 0 aliphatic carbocycles. The number of hydrogen-bond acceptors (Lipinski definition) is 1. The number of rotatable bonds is 2. The smallest absolute Gasteiger partial charge is 0.00462 e. The molecule has 0 spiro atoms. The second kappa shape index (κ2) is 3.20. The fourth-order valence-corrected chi connectivity index (χ4v) is 1.80. The zero-order chi connectivity index (χ0) is 7.56. The normalized spacial score (nSPS) is 10.8. The van der Waals surface area contributed by atoms with Crippen LogP contribution in [0, 0.1) is 12.8 Å². The van der Waals surface area contributed by atoms with Crippen LogP contribution < -0.4 is 0 Å². The average Bonchev–Trinajstić information content (AvgIpc) is 2.15. The molecule has 0 saturated carbocycles. The highest BCUT2D eigenvalue weighted by Crippen LogP contribution is 2.18. The molecule has 1 heteroatoms. The topological polar surface area (TPSA) is 0 Å². The van der Waals surface area contributed by atoms with Crippen molar-refractivity contribution in [3.63, 3.8) is 0 Å². The van der Waals surface area contributed by atoms with E-state index in [1.807, 2.05) is 11.3 Å². The summed E-state index contributed by atoms with van der Waals surface area (Å²) in [6, 6.07) is 2.24. The van der Waals surface area contributed by atoms with E-state index >= 15 is 0 Å². The Kier molecular flexibility index (Phi) is 2.50. The Morgan fingerprint density at radius 3 is 2.60 bits per heavy atom. The van der Waals surface area contributed by atoms with Gasteiger partial charge in [-0.3, -0.25) is 0 Å². The third-order valence-corrected chi connectivity index (χ3v) is 2.48. The second-order valence-corrected chi connectivity index (χ2v) is 4.22. The Labute approximate surface area is 66.9 Å². The Hall–Kier alpha value is -0.300. The Bertz CT molecular complexity index is 198. The van der Waals surface area contributed by atoms with Gasteiger partial charge in [0.25, 0.3) is 0 Å². The molecule has 0 amide bonds. The lowest BCUT2D eigenvalue weighted by atomic mass is 10.0. The third kappa shape index (κ3) is 1.84. The Balaban J connectivity index is 2.65. The van der Waals surface area contributed by atoms with Gasteiger partial charge in [-0.05, 0) is 36.3 Å². The minimum atomic E-state index is 0.785. The zero-order valence-corrected chi connectivity index (χ0v) is 7.66. The molecule has 1 rings (SSSR count). The molecule has 1 aromatic heterocycles. The fourth-order valence-electron chi connectivity index (χ4n) is 1.06. The van der Waals surface area contributed by atoms with Crippen molar-refractivity contribution < 1.29 is 0 Å². The largest absolute Gasteiger partial charge is 0.149 e. The molecular formula is C9H14S. The van der Waals surface area contributed by atoms with Gasteiger partial charge >= 0.3 is 0 Å². The van der Waals surface area contributed by atoms with Crippen molar-refractivity contribution in [3.8, 4) is 0 Å². The van der Waals surface area contributed by atoms with E-state index in [-0.39, 0.29) is 0 Å². The summed E-state index contributed by atoms with van der Waals surface area (Å²) >= 11 is 1.85. The van der Waals surface area contributed by atoms with Gasteiger partial charge in [-0.1, -0.05) is 13.8 Å². The maximum absolute atomic E-state index is 2.26. The van der Waals surface area contributed by atoms with E-state index in [0.717, 1.165) is 5.92 Å². The summed E-state index contributed by atoms with van der Waals surface area (Å²) in [5, 5.41) is 2.17. The van der Waals surface area contributed by atoms with Gasteiger partial charge in [-0.2, -0.15) is 0 Å². The summed E-state index contributed by atoms with van der Waals surface area (Å²) in [7, 11) is 0. The van der Waals surface area contributed by atoms with Crippen LogP contribution in [0.3, 0.4) is 0 Å². The molecule has 0 radical (unpaired) electrons. The summed E-state index contributed by atoms with van der Waals surface area (Å²) in [6.45, 7) is 6.72. The van der Waals surface area contributed by atoms with Gasteiger partial charge < -0.3 is 0 Å². The highest BCUT2D eigenvalue weighted by atomic mass is 32.1. The molecule has 0 N–H and O–H groups in total. The summed E-state index contributed by atoms with van der Waals surface area (Å²) in [5.41, 5.74) is 1.53. The van der Waals surface area contributed by atoms with Crippen LogP contribution >= 0.6 is 11.3 Å². The lowest BCUT2D eigenvalue weighted by Gasteiger charge is -2.02. The molecule has 10 heavy (non-hydrogen) atoms. The monoisotopic (exact) mass is 154 g/mol. The van der Waals surface area contributed by atoms with Crippen molar-refractivity contribution in [3.05, 3.63) is 21.9 Å². The van der Waals surface area contributed by atoms with Crippen LogP contribution in [-0.2, 0) is 6.42 Å². The van der Waals surface area contributed by atoms with Crippen LogP contribution in [-0.4, -0.2) is 0 Å². The molecule has 56 valence electrons. The van der Waals surface area contributed by atoms with E-state index in [9.17, 15) is 0 Å². The second-order valence-electron chi connectivity index (χ2n) is 3.10. The third-order valence-electron chi connectivity index (χ3n) is 1.59. The molecular weight excluding hydrogens is 140 g/mol. The standard InChI is InChI=1S/C9H14S/c1-7(2)6-9-4-5-10-8(9)3/h4-5,7H,6H2,1-3H3. The first-order chi connectivity index (χ1) is 4.70. The van der Waals surface area contributed by atoms with Crippen LogP contribution in [0.25, 0.3) is 0 Å². The first-order valence-electron chi connectivity index (χ1n) is 3.73. The molecule has 0 nitrogen and oxygen atoms in total. The molecule has 1 heterocycles. The van der Waals surface area contributed by atoms with Crippen LogP contribution in [0.2, 0.25) is 0 Å². The van der Waals surface area contributed by atoms with Crippen molar-refractivity contribution in [1.82, 2.24) is 0 Å². The molecule has 0 aromatic carbocycles. The lowest BCUT2D eigenvalue weighted by Crippen LogP contribution is -1.92. The number of hydrogen-bond donors (Lipinski definition) is 0. The predicted molar refractivity (Wildman–Crippen MR) is 47.6 cm³/mol. The van der Waals surface area contributed by atoms with Gasteiger partial charge in [0.1, 0.15) is 0 Å². The number of aryl methyl sites for hydroxylation is 1. The van der Waals surface area contributed by atoms with Crippen LogP contribution in [0.5, 0.6) is 0 Å². The molecule has 0 aliphatic rings. The van der Waals surface area contributed by atoms with Crippen LogP contribution in [0.15, 0.2) is 11.4 Å². The van der Waals surface area contributed by atoms with E-state index in [0.29, 0.717) is 0 Å². The first-order valence-corrected chi connectivity index (χ1v) is 4.61. The maximum atomic E-state index is 2.26. The Morgan fingerprint density at radius 2 is 2.20 bits per heavy atom. The fraction of sp³-hybridized carbons (Fsp3) is 0.556. The molecule has 1 aromatic rings. The maximum Gasteiger partial charge on any atom is 0.00462 e. The molecule has 0 unspecified atom stereocenters. The first kappa shape index (κ1) is 7.80. The summed E-state index contributed by atoms with van der Waals surface area (Å²) in [6.07, 6.45) is 1.23. The van der Waals surface area contributed by atoms with Gasteiger partial charge in [0, 0.05) is 4.88 Å². The van der Waals surface area contributed by atoms with E-state index in [1.54, 1.807) is 0 Å². The van der Waals surface area contributed by atoms with E-state index in [2.05, 4.69) is 32.2 Å². The predicted octanol–water partition coefficient (Wildman–Crippen LogP) is 3.26. The molecule has 0 fully saturated rings. The van der Waals surface area contributed by atoms with Crippen molar-refractivity contribution >= 4 is 11.3 Å². The summed E-state index contributed by atoms with van der Waals surface area (Å²) in [4.78, 5) is 1.48. The number of thiophene rings is 1. The Morgan fingerprint density at radius 1 is 1.50 bits per heavy atom. The van der Waals surface area contributed by atoms with Crippen LogP contribution in [0.4, 0.5) is 0 Å². The highest BCUT2D eigenvalue weighted by molar-refractivity contribution is 7.10. The minimum Gasteiger partial charge on any atom is -0.149 e. The lowest BCUT2D eigenvalue weighted by molar-refractivity contribution is 0.647. The summed E-state index contributed by atoms with van der Waals surface area (Å²) < 4.78 is 0. The van der Waals surface area contributed by atoms with Crippen molar-refractivity contribution in [2.75, 3.05) is 0 Å². The van der Waals surface area contributed by atoms with Gasteiger partial charge in [-0.15, -0.1) is 11.3 Å². The van der Waals surface area contributed by atoms with Gasteiger partial charge in [0.05, 0.1) is 0 Å². The van der Waals surface area contributed by atoms with Gasteiger partial charge in [0.2, 0.25) is 0 Å². The zero-order valence-electron chi connectivity index (χ0n) is 6.85. The van der Waals surface area contributed by atoms with Gasteiger partial charge in [0.15, 0.2) is 0 Å². The SMILES string of the molecule is Cc1sccc1CC(C)C. The van der Waals surface area contributed by atoms with E-state index in [1.165, 1.54) is 16.9 Å². The van der Waals surface area contributed by atoms with E-state index in [4.69, 9.17) is 0 Å². The minimum absolute atomic E-state index is 0.785. The molecule has 0 saturated heterocycles. The van der Waals surface area contributed by atoms with Gasteiger partial charge in [-0.25, -0.2) is 0 Å². The molecule has 0 bridgehead atoms. The van der Waals surface area contributed by atoms with Crippen LogP contribution in [0.1, 0.15) is 24.3 Å². The van der Waals surface area contributed by atoms with Crippen molar-refractivity contribution in [1.29, 1.82) is 0 Å².